The minimum absolute atomic E-state index is 0.195. The summed E-state index contributed by atoms with van der Waals surface area (Å²) in [6.07, 6.45) is 0. The van der Waals surface area contributed by atoms with Gasteiger partial charge in [-0.1, -0.05) is 36.7 Å². The third-order valence-corrected chi connectivity index (χ3v) is 3.37. The molecule has 0 atom stereocenters. The molecule has 0 saturated carbocycles. The maximum absolute atomic E-state index is 5.87. The van der Waals surface area contributed by atoms with Gasteiger partial charge in [-0.15, -0.1) is 0 Å². The zero-order valence-electron chi connectivity index (χ0n) is 12.6. The van der Waals surface area contributed by atoms with Crippen LogP contribution in [0.3, 0.4) is 0 Å². The molecule has 21 heavy (non-hydrogen) atoms. The minimum atomic E-state index is -0.195. The van der Waals surface area contributed by atoms with E-state index in [0.717, 1.165) is 15.8 Å². The predicted molar refractivity (Wildman–Crippen MR) is 87.5 cm³/mol. The maximum atomic E-state index is 5.87. The van der Waals surface area contributed by atoms with Gasteiger partial charge < -0.3 is 10.2 Å². The number of hydrogen-bond donors (Lipinski definition) is 2. The number of benzene rings is 1. The van der Waals surface area contributed by atoms with E-state index in [0.29, 0.717) is 17.5 Å². The third-order valence-electron chi connectivity index (χ3n) is 2.87. The first-order valence-electron chi connectivity index (χ1n) is 6.60. The van der Waals surface area contributed by atoms with Crippen molar-refractivity contribution in [2.75, 3.05) is 5.43 Å². The van der Waals surface area contributed by atoms with Crippen molar-refractivity contribution in [3.8, 4) is 11.6 Å². The molecule has 3 N–H and O–H groups in total. The van der Waals surface area contributed by atoms with Crippen molar-refractivity contribution in [2.24, 2.45) is 5.84 Å². The van der Waals surface area contributed by atoms with Crippen molar-refractivity contribution in [2.45, 2.75) is 33.1 Å². The molecule has 0 aliphatic rings. The Balaban J connectivity index is 2.39. The van der Waals surface area contributed by atoms with Crippen LogP contribution in [0.5, 0.6) is 11.6 Å². The van der Waals surface area contributed by atoms with Crippen molar-refractivity contribution in [1.82, 2.24) is 9.97 Å². The van der Waals surface area contributed by atoms with E-state index in [-0.39, 0.29) is 5.41 Å². The molecule has 0 radical (unpaired) electrons. The second-order valence-electron chi connectivity index (χ2n) is 5.82. The third kappa shape index (κ3) is 3.92. The number of aromatic nitrogens is 2. The van der Waals surface area contributed by atoms with Gasteiger partial charge in [-0.3, -0.25) is 0 Å². The van der Waals surface area contributed by atoms with Gasteiger partial charge in [0.05, 0.1) is 0 Å². The molecular weight excluding hydrogens is 332 g/mol. The summed E-state index contributed by atoms with van der Waals surface area (Å²) in [7, 11) is 0. The number of nitrogen functional groups attached to an aromatic ring is 1. The summed E-state index contributed by atoms with van der Waals surface area (Å²) in [5.41, 5.74) is 3.37. The summed E-state index contributed by atoms with van der Waals surface area (Å²) < 4.78 is 6.88. The van der Waals surface area contributed by atoms with Crippen LogP contribution in [0.15, 0.2) is 28.7 Å². The van der Waals surface area contributed by atoms with Crippen molar-refractivity contribution >= 4 is 21.7 Å². The van der Waals surface area contributed by atoms with Gasteiger partial charge in [0.2, 0.25) is 5.88 Å². The van der Waals surface area contributed by atoms with Crippen LogP contribution in [-0.4, -0.2) is 9.97 Å². The molecular formula is C15H19BrN4O. The van der Waals surface area contributed by atoms with E-state index in [1.807, 2.05) is 45.9 Å². The molecule has 0 aliphatic heterocycles. The first kappa shape index (κ1) is 15.7. The summed E-state index contributed by atoms with van der Waals surface area (Å²) in [6, 6.07) is 7.49. The molecule has 1 aromatic carbocycles. The highest BCUT2D eigenvalue weighted by Crippen LogP contribution is 2.29. The van der Waals surface area contributed by atoms with E-state index < -0.39 is 0 Å². The number of aryl methyl sites for hydroxylation is 1. The molecule has 2 aromatic rings. The van der Waals surface area contributed by atoms with Gasteiger partial charge >= 0.3 is 0 Å². The maximum Gasteiger partial charge on any atom is 0.224 e. The second kappa shape index (κ2) is 5.99. The topological polar surface area (TPSA) is 73.1 Å². The van der Waals surface area contributed by atoms with Crippen LogP contribution in [0.1, 0.15) is 32.2 Å². The lowest BCUT2D eigenvalue weighted by Crippen LogP contribution is -2.19. The number of rotatable bonds is 3. The van der Waals surface area contributed by atoms with Crippen LogP contribution in [-0.2, 0) is 5.41 Å². The Bertz CT molecular complexity index is 653. The molecule has 112 valence electrons. The molecule has 0 amide bonds. The summed E-state index contributed by atoms with van der Waals surface area (Å²) in [6.45, 7) is 8.10. The Kier molecular flexibility index (Phi) is 4.49. The summed E-state index contributed by atoms with van der Waals surface area (Å²) in [5, 5.41) is 0. The van der Waals surface area contributed by atoms with E-state index in [2.05, 4.69) is 31.3 Å². The Morgan fingerprint density at radius 1 is 1.19 bits per heavy atom. The van der Waals surface area contributed by atoms with E-state index >= 15 is 0 Å². The average Bonchev–Trinajstić information content (AvgIpc) is 2.40. The SMILES string of the molecule is Cc1cc(Br)ccc1Oc1cc(NN)nc(C(C)(C)C)n1. The molecule has 0 spiro atoms. The fraction of sp³-hybridized carbons (Fsp3) is 0.333. The van der Waals surface area contributed by atoms with E-state index in [1.165, 1.54) is 0 Å². The molecule has 0 saturated heterocycles. The first-order valence-corrected chi connectivity index (χ1v) is 7.39. The lowest BCUT2D eigenvalue weighted by atomic mass is 9.96. The van der Waals surface area contributed by atoms with Crippen molar-refractivity contribution < 1.29 is 4.74 Å². The summed E-state index contributed by atoms with van der Waals surface area (Å²) in [5.74, 6) is 7.88. The number of nitrogens with two attached hydrogens (primary N) is 1. The Morgan fingerprint density at radius 3 is 2.48 bits per heavy atom. The Morgan fingerprint density at radius 2 is 1.90 bits per heavy atom. The largest absolute Gasteiger partial charge is 0.439 e. The summed E-state index contributed by atoms with van der Waals surface area (Å²) >= 11 is 3.43. The molecule has 5 nitrogen and oxygen atoms in total. The molecule has 0 unspecified atom stereocenters. The normalized spacial score (nSPS) is 11.3. The van der Waals surface area contributed by atoms with Crippen molar-refractivity contribution in [1.29, 1.82) is 0 Å². The molecule has 0 fully saturated rings. The number of ether oxygens (including phenoxy) is 1. The van der Waals surface area contributed by atoms with E-state index in [9.17, 15) is 0 Å². The number of halogens is 1. The fourth-order valence-corrected chi connectivity index (χ4v) is 2.20. The lowest BCUT2D eigenvalue weighted by molar-refractivity contribution is 0.443. The predicted octanol–water partition coefficient (Wildman–Crippen LogP) is 3.92. The van der Waals surface area contributed by atoms with Crippen molar-refractivity contribution in [3.05, 3.63) is 40.1 Å². The first-order chi connectivity index (χ1) is 9.79. The van der Waals surface area contributed by atoms with Gasteiger partial charge in [0.1, 0.15) is 17.4 Å². The zero-order valence-corrected chi connectivity index (χ0v) is 14.2. The standard InChI is InChI=1S/C15H19BrN4O/c1-9-7-10(16)5-6-11(9)21-13-8-12(20-17)18-14(19-13)15(2,3)4/h5-8H,17H2,1-4H3,(H,18,19,20). The van der Waals surface area contributed by atoms with Gasteiger partial charge in [-0.05, 0) is 30.7 Å². The lowest BCUT2D eigenvalue weighted by Gasteiger charge is -2.18. The van der Waals surface area contributed by atoms with Crippen LogP contribution in [0.25, 0.3) is 0 Å². The molecule has 0 bridgehead atoms. The number of nitrogens with zero attached hydrogens (tertiary/aromatic N) is 2. The Hall–Kier alpha value is -1.66. The number of nitrogens with one attached hydrogen (secondary N) is 1. The Labute approximate surface area is 133 Å². The van der Waals surface area contributed by atoms with E-state index in [1.54, 1.807) is 6.07 Å². The fourth-order valence-electron chi connectivity index (χ4n) is 1.73. The quantitative estimate of drug-likeness (QED) is 0.648. The smallest absolute Gasteiger partial charge is 0.224 e. The van der Waals surface area contributed by atoms with Crippen LogP contribution < -0.4 is 16.0 Å². The molecule has 6 heteroatoms. The molecule has 1 heterocycles. The highest BCUT2D eigenvalue weighted by molar-refractivity contribution is 9.10. The number of hydrogen-bond acceptors (Lipinski definition) is 5. The number of hydrazine groups is 1. The zero-order chi connectivity index (χ0) is 15.6. The minimum Gasteiger partial charge on any atom is -0.439 e. The second-order valence-corrected chi connectivity index (χ2v) is 6.74. The molecule has 1 aromatic heterocycles. The van der Waals surface area contributed by atoms with Gasteiger partial charge in [0.25, 0.3) is 0 Å². The number of anilines is 1. The van der Waals surface area contributed by atoms with E-state index in [4.69, 9.17) is 10.6 Å². The highest BCUT2D eigenvalue weighted by atomic mass is 79.9. The summed E-state index contributed by atoms with van der Waals surface area (Å²) in [4.78, 5) is 8.84. The molecule has 0 aliphatic carbocycles. The van der Waals surface area contributed by atoms with Crippen LogP contribution >= 0.6 is 15.9 Å². The average molecular weight is 351 g/mol. The van der Waals surface area contributed by atoms with Crippen molar-refractivity contribution in [3.63, 3.8) is 0 Å². The monoisotopic (exact) mass is 350 g/mol. The van der Waals surface area contributed by atoms with Gasteiger partial charge in [0, 0.05) is 16.0 Å². The van der Waals surface area contributed by atoms with Gasteiger partial charge in [0.15, 0.2) is 0 Å². The van der Waals surface area contributed by atoms with Gasteiger partial charge in [-0.25, -0.2) is 10.8 Å². The van der Waals surface area contributed by atoms with Crippen LogP contribution in [0.2, 0.25) is 0 Å². The van der Waals surface area contributed by atoms with Crippen LogP contribution in [0, 0.1) is 6.92 Å². The molecule has 2 rings (SSSR count). The van der Waals surface area contributed by atoms with Gasteiger partial charge in [-0.2, -0.15) is 4.98 Å². The highest BCUT2D eigenvalue weighted by Gasteiger charge is 2.20. The van der Waals surface area contributed by atoms with Crippen LogP contribution in [0.4, 0.5) is 5.82 Å².